The summed E-state index contributed by atoms with van der Waals surface area (Å²) < 4.78 is 0. The van der Waals surface area contributed by atoms with Crippen molar-refractivity contribution in [2.24, 2.45) is 0 Å². The van der Waals surface area contributed by atoms with Gasteiger partial charge in [-0.1, -0.05) is 0 Å². The molecule has 0 atom stereocenters. The molecule has 1 N–H and O–H groups in total. The predicted molar refractivity (Wildman–Crippen MR) is 107 cm³/mol. The molecule has 132 valence electrons. The average Bonchev–Trinajstić information content (AvgIpc) is 3.16. The summed E-state index contributed by atoms with van der Waals surface area (Å²) in [5.74, 6) is 1.57. The van der Waals surface area contributed by atoms with Gasteiger partial charge in [-0.2, -0.15) is 11.3 Å². The molecule has 3 aromatic rings. The second kappa shape index (κ2) is 7.72. The molecule has 0 unspecified atom stereocenters. The molecule has 0 aliphatic carbocycles. The molecule has 0 bridgehead atoms. The zero-order chi connectivity index (χ0) is 18.0. The summed E-state index contributed by atoms with van der Waals surface area (Å²) in [7, 11) is 1.81. The number of fused-ring (bicyclic) bond motifs is 1. The number of carbonyl (C=O) groups is 1. The van der Waals surface area contributed by atoms with Crippen LogP contribution in [0.2, 0.25) is 0 Å². The molecule has 3 aromatic heterocycles. The lowest BCUT2D eigenvalue weighted by Crippen LogP contribution is -2.27. The van der Waals surface area contributed by atoms with Crippen molar-refractivity contribution in [3.63, 3.8) is 0 Å². The topological polar surface area (TPSA) is 66.1 Å². The van der Waals surface area contributed by atoms with Crippen molar-refractivity contribution in [3.05, 3.63) is 49.0 Å². The third-order valence-electron chi connectivity index (χ3n) is 3.98. The van der Waals surface area contributed by atoms with Crippen molar-refractivity contribution >= 4 is 50.6 Å². The molecule has 0 aliphatic rings. The lowest BCUT2D eigenvalue weighted by molar-refractivity contribution is -0.127. The van der Waals surface area contributed by atoms with E-state index in [9.17, 15) is 9.59 Å². The summed E-state index contributed by atoms with van der Waals surface area (Å²) in [6.45, 7) is 4.57. The number of H-pyrrole nitrogens is 1. The Morgan fingerprint density at radius 2 is 2.20 bits per heavy atom. The zero-order valence-corrected chi connectivity index (χ0v) is 16.7. The molecule has 0 spiro atoms. The first-order valence-corrected chi connectivity index (χ1v) is 10.7. The third kappa shape index (κ3) is 4.13. The first-order chi connectivity index (χ1) is 12.0. The summed E-state index contributed by atoms with van der Waals surface area (Å²) >= 11 is 4.64. The van der Waals surface area contributed by atoms with Crippen molar-refractivity contribution in [3.8, 4) is 0 Å². The minimum atomic E-state index is -0.0941. The van der Waals surface area contributed by atoms with Crippen LogP contribution in [0, 0.1) is 13.8 Å². The molecule has 3 heterocycles. The van der Waals surface area contributed by atoms with Gasteiger partial charge in [0, 0.05) is 18.5 Å². The monoisotopic (exact) mass is 393 g/mol. The van der Waals surface area contributed by atoms with Crippen LogP contribution in [-0.2, 0) is 17.1 Å². The highest BCUT2D eigenvalue weighted by molar-refractivity contribution is 7.99. The summed E-state index contributed by atoms with van der Waals surface area (Å²) in [6.07, 6.45) is 0. The molecule has 0 saturated heterocycles. The Morgan fingerprint density at radius 1 is 1.40 bits per heavy atom. The number of rotatable bonds is 6. The fraction of sp³-hybridized carbons (Fsp3) is 0.353. The quantitative estimate of drug-likeness (QED) is 0.695. The van der Waals surface area contributed by atoms with Gasteiger partial charge in [0.15, 0.2) is 0 Å². The SMILES string of the molecule is Cc1sc2nc(CSCC(=O)N(C)Cc3ccsc3)[nH]c(=O)c2c1C. The van der Waals surface area contributed by atoms with Crippen molar-refractivity contribution in [1.29, 1.82) is 0 Å². The van der Waals surface area contributed by atoms with Crippen molar-refractivity contribution in [2.45, 2.75) is 26.1 Å². The normalized spacial score (nSPS) is 11.2. The molecular weight excluding hydrogens is 374 g/mol. The molecule has 25 heavy (non-hydrogen) atoms. The summed E-state index contributed by atoms with van der Waals surface area (Å²) in [5, 5.41) is 4.74. The van der Waals surface area contributed by atoms with E-state index in [1.807, 2.05) is 37.7 Å². The van der Waals surface area contributed by atoms with E-state index in [-0.39, 0.29) is 11.5 Å². The second-order valence-corrected chi connectivity index (χ2v) is 8.82. The zero-order valence-electron chi connectivity index (χ0n) is 14.3. The molecule has 0 saturated carbocycles. The van der Waals surface area contributed by atoms with Crippen LogP contribution in [0.3, 0.4) is 0 Å². The number of aromatic amines is 1. The average molecular weight is 394 g/mol. The van der Waals surface area contributed by atoms with Gasteiger partial charge in [-0.25, -0.2) is 4.98 Å². The van der Waals surface area contributed by atoms with E-state index >= 15 is 0 Å². The molecular formula is C17H19N3O2S3. The standard InChI is InChI=1S/C17H19N3O2S3/c1-10-11(2)25-17-15(10)16(22)18-13(19-17)8-24-9-14(21)20(3)6-12-4-5-23-7-12/h4-5,7H,6,8-9H2,1-3H3,(H,18,19,22). The van der Waals surface area contributed by atoms with Crippen LogP contribution in [0.4, 0.5) is 0 Å². The van der Waals surface area contributed by atoms with E-state index in [0.29, 0.717) is 29.3 Å². The fourth-order valence-electron chi connectivity index (χ4n) is 2.46. The molecule has 1 amide bonds. The Morgan fingerprint density at radius 3 is 2.92 bits per heavy atom. The van der Waals surface area contributed by atoms with E-state index in [2.05, 4.69) is 9.97 Å². The number of nitrogens with zero attached hydrogens (tertiary/aromatic N) is 2. The molecule has 0 radical (unpaired) electrons. The Bertz CT molecular complexity index is 944. The van der Waals surface area contributed by atoms with Crippen LogP contribution >= 0.6 is 34.4 Å². The highest BCUT2D eigenvalue weighted by Crippen LogP contribution is 2.26. The Kier molecular flexibility index (Phi) is 5.61. The van der Waals surface area contributed by atoms with Crippen LogP contribution in [0.25, 0.3) is 10.2 Å². The van der Waals surface area contributed by atoms with Gasteiger partial charge in [0.05, 0.1) is 16.9 Å². The Labute approximate surface area is 158 Å². The highest BCUT2D eigenvalue weighted by Gasteiger charge is 2.13. The van der Waals surface area contributed by atoms with E-state index in [4.69, 9.17) is 0 Å². The van der Waals surface area contributed by atoms with E-state index in [0.717, 1.165) is 20.8 Å². The molecule has 3 rings (SSSR count). The largest absolute Gasteiger partial charge is 0.341 e. The lowest BCUT2D eigenvalue weighted by atomic mass is 10.2. The number of carbonyl (C=O) groups excluding carboxylic acids is 1. The summed E-state index contributed by atoms with van der Waals surface area (Å²) in [4.78, 5) is 35.4. The first kappa shape index (κ1) is 18.2. The van der Waals surface area contributed by atoms with Crippen molar-refractivity contribution < 1.29 is 4.79 Å². The molecule has 0 aliphatic heterocycles. The number of amides is 1. The number of aryl methyl sites for hydroxylation is 2. The van der Waals surface area contributed by atoms with Gasteiger partial charge in [0.2, 0.25) is 5.91 Å². The molecule has 5 nitrogen and oxygen atoms in total. The van der Waals surface area contributed by atoms with Crippen molar-refractivity contribution in [1.82, 2.24) is 14.9 Å². The predicted octanol–water partition coefficient (Wildman–Crippen LogP) is 3.55. The maximum atomic E-state index is 12.2. The molecule has 8 heteroatoms. The van der Waals surface area contributed by atoms with E-state index < -0.39 is 0 Å². The van der Waals surface area contributed by atoms with Gasteiger partial charge in [-0.05, 0) is 41.8 Å². The number of hydrogen-bond acceptors (Lipinski definition) is 6. The smallest absolute Gasteiger partial charge is 0.259 e. The minimum absolute atomic E-state index is 0.0717. The second-order valence-electron chi connectivity index (χ2n) is 5.85. The van der Waals surface area contributed by atoms with Crippen LogP contribution in [0.1, 0.15) is 21.8 Å². The van der Waals surface area contributed by atoms with Gasteiger partial charge in [0.25, 0.3) is 5.56 Å². The summed E-state index contributed by atoms with van der Waals surface area (Å²) in [6, 6.07) is 2.02. The van der Waals surface area contributed by atoms with Gasteiger partial charge in [-0.3, -0.25) is 9.59 Å². The maximum absolute atomic E-state index is 12.2. The van der Waals surface area contributed by atoms with Gasteiger partial charge in [0.1, 0.15) is 10.7 Å². The number of nitrogens with one attached hydrogen (secondary N) is 1. The highest BCUT2D eigenvalue weighted by atomic mass is 32.2. The molecule has 0 fully saturated rings. The van der Waals surface area contributed by atoms with Gasteiger partial charge in [-0.15, -0.1) is 23.1 Å². The number of thiophene rings is 2. The number of aromatic nitrogens is 2. The fourth-order valence-corrected chi connectivity index (χ4v) is 4.99. The Hall–Kier alpha value is -1.64. The van der Waals surface area contributed by atoms with Crippen LogP contribution < -0.4 is 5.56 Å². The van der Waals surface area contributed by atoms with Crippen LogP contribution in [0.15, 0.2) is 21.6 Å². The number of thioether (sulfide) groups is 1. The third-order valence-corrected chi connectivity index (χ3v) is 6.74. The molecule has 0 aromatic carbocycles. The van der Waals surface area contributed by atoms with Gasteiger partial charge >= 0.3 is 0 Å². The van der Waals surface area contributed by atoms with Gasteiger partial charge < -0.3 is 9.88 Å². The summed E-state index contributed by atoms with van der Waals surface area (Å²) in [5.41, 5.74) is 2.05. The van der Waals surface area contributed by atoms with E-state index in [1.165, 1.54) is 23.1 Å². The van der Waals surface area contributed by atoms with Crippen LogP contribution in [-0.4, -0.2) is 33.6 Å². The van der Waals surface area contributed by atoms with Crippen molar-refractivity contribution in [2.75, 3.05) is 12.8 Å². The Balaban J connectivity index is 1.59. The lowest BCUT2D eigenvalue weighted by Gasteiger charge is -2.16. The first-order valence-electron chi connectivity index (χ1n) is 7.77. The van der Waals surface area contributed by atoms with E-state index in [1.54, 1.807) is 16.2 Å². The van der Waals surface area contributed by atoms with Crippen LogP contribution in [0.5, 0.6) is 0 Å². The maximum Gasteiger partial charge on any atom is 0.259 e. The number of hydrogen-bond donors (Lipinski definition) is 1. The minimum Gasteiger partial charge on any atom is -0.341 e.